The SMILES string of the molecule is CC1=CC(c2ccc3ccccc3c2C=NNc2ccccc2)C(C)=C1. The summed E-state index contributed by atoms with van der Waals surface area (Å²) in [6, 6.07) is 23.0. The number of hydrogen-bond donors (Lipinski definition) is 1. The highest BCUT2D eigenvalue weighted by Gasteiger charge is 2.19. The summed E-state index contributed by atoms with van der Waals surface area (Å²) in [4.78, 5) is 0. The summed E-state index contributed by atoms with van der Waals surface area (Å²) in [7, 11) is 0. The molecule has 26 heavy (non-hydrogen) atoms. The largest absolute Gasteiger partial charge is 0.279 e. The van der Waals surface area contributed by atoms with E-state index in [-0.39, 0.29) is 0 Å². The predicted octanol–water partition coefficient (Wildman–Crippen LogP) is 6.28. The van der Waals surface area contributed by atoms with E-state index in [0.29, 0.717) is 5.92 Å². The van der Waals surface area contributed by atoms with Crippen LogP contribution in [-0.2, 0) is 0 Å². The van der Waals surface area contributed by atoms with E-state index in [2.05, 4.69) is 72.9 Å². The van der Waals surface area contributed by atoms with E-state index in [9.17, 15) is 0 Å². The van der Waals surface area contributed by atoms with Crippen molar-refractivity contribution in [1.82, 2.24) is 0 Å². The third-order valence-corrected chi connectivity index (χ3v) is 4.88. The maximum atomic E-state index is 4.52. The number of allylic oxidation sites excluding steroid dienone is 4. The number of hydrazone groups is 1. The fraction of sp³-hybridized carbons (Fsp3) is 0.125. The van der Waals surface area contributed by atoms with Crippen molar-refractivity contribution < 1.29 is 0 Å². The lowest BCUT2D eigenvalue weighted by atomic mass is 9.88. The van der Waals surface area contributed by atoms with Gasteiger partial charge in [0, 0.05) is 11.5 Å². The molecular formula is C24H22N2. The van der Waals surface area contributed by atoms with Crippen molar-refractivity contribution in [3.63, 3.8) is 0 Å². The number of benzene rings is 3. The Morgan fingerprint density at radius 1 is 0.885 bits per heavy atom. The molecule has 128 valence electrons. The van der Waals surface area contributed by atoms with Crippen LogP contribution in [0.2, 0.25) is 0 Å². The number of nitrogens with zero attached hydrogens (tertiary/aromatic N) is 1. The minimum atomic E-state index is 0.317. The van der Waals surface area contributed by atoms with Crippen LogP contribution >= 0.6 is 0 Å². The molecule has 4 rings (SSSR count). The maximum Gasteiger partial charge on any atom is 0.0561 e. The Morgan fingerprint density at radius 3 is 2.42 bits per heavy atom. The minimum Gasteiger partial charge on any atom is -0.279 e. The lowest BCUT2D eigenvalue weighted by Gasteiger charge is -2.16. The minimum absolute atomic E-state index is 0.317. The molecule has 0 spiro atoms. The van der Waals surface area contributed by atoms with Gasteiger partial charge in [0.1, 0.15) is 0 Å². The van der Waals surface area contributed by atoms with Crippen LogP contribution in [0.3, 0.4) is 0 Å². The molecule has 2 nitrogen and oxygen atoms in total. The van der Waals surface area contributed by atoms with Gasteiger partial charge < -0.3 is 0 Å². The molecule has 0 heterocycles. The van der Waals surface area contributed by atoms with Crippen molar-refractivity contribution in [2.24, 2.45) is 5.10 Å². The highest BCUT2D eigenvalue weighted by Crippen LogP contribution is 2.36. The van der Waals surface area contributed by atoms with Gasteiger partial charge in [-0.05, 0) is 42.3 Å². The highest BCUT2D eigenvalue weighted by atomic mass is 15.3. The van der Waals surface area contributed by atoms with Crippen LogP contribution in [0, 0.1) is 0 Å². The molecule has 2 heteroatoms. The summed E-state index contributed by atoms with van der Waals surface area (Å²) < 4.78 is 0. The van der Waals surface area contributed by atoms with Crippen molar-refractivity contribution in [3.8, 4) is 0 Å². The van der Waals surface area contributed by atoms with Gasteiger partial charge in [-0.2, -0.15) is 5.10 Å². The average Bonchev–Trinajstić information content (AvgIpc) is 3.00. The van der Waals surface area contributed by atoms with E-state index in [0.717, 1.165) is 5.69 Å². The van der Waals surface area contributed by atoms with E-state index < -0.39 is 0 Å². The molecule has 0 saturated carbocycles. The van der Waals surface area contributed by atoms with E-state index in [1.54, 1.807) is 0 Å². The van der Waals surface area contributed by atoms with Gasteiger partial charge in [0.15, 0.2) is 0 Å². The van der Waals surface area contributed by atoms with Crippen molar-refractivity contribution in [3.05, 3.63) is 101 Å². The van der Waals surface area contributed by atoms with Crippen molar-refractivity contribution >= 4 is 22.7 Å². The third-order valence-electron chi connectivity index (χ3n) is 4.88. The number of para-hydroxylation sites is 1. The van der Waals surface area contributed by atoms with Gasteiger partial charge in [-0.3, -0.25) is 5.43 Å². The highest BCUT2D eigenvalue weighted by molar-refractivity contribution is 6.02. The van der Waals surface area contributed by atoms with Gasteiger partial charge in [-0.25, -0.2) is 0 Å². The first kappa shape index (κ1) is 16.3. The molecule has 0 fully saturated rings. The number of hydrogen-bond acceptors (Lipinski definition) is 2. The first-order valence-corrected chi connectivity index (χ1v) is 8.95. The molecule has 1 aliphatic rings. The van der Waals surface area contributed by atoms with Crippen LogP contribution < -0.4 is 5.43 Å². The lowest BCUT2D eigenvalue weighted by molar-refractivity contribution is 1.01. The van der Waals surface area contributed by atoms with Crippen LogP contribution in [-0.4, -0.2) is 6.21 Å². The Kier molecular flexibility index (Phi) is 4.40. The molecule has 0 saturated heterocycles. The maximum absolute atomic E-state index is 4.52. The first-order valence-electron chi connectivity index (χ1n) is 8.95. The van der Waals surface area contributed by atoms with Gasteiger partial charge in [-0.15, -0.1) is 0 Å². The summed E-state index contributed by atoms with van der Waals surface area (Å²) >= 11 is 0. The first-order chi connectivity index (χ1) is 12.7. The van der Waals surface area contributed by atoms with Crippen molar-refractivity contribution in [2.75, 3.05) is 5.43 Å². The van der Waals surface area contributed by atoms with E-state index in [1.807, 2.05) is 36.5 Å². The van der Waals surface area contributed by atoms with Crippen LogP contribution in [0.4, 0.5) is 5.69 Å². The summed E-state index contributed by atoms with van der Waals surface area (Å²) in [5.74, 6) is 0.317. The van der Waals surface area contributed by atoms with Crippen LogP contribution in [0.15, 0.2) is 95.1 Å². The quantitative estimate of drug-likeness (QED) is 0.439. The molecule has 0 bridgehead atoms. The predicted molar refractivity (Wildman–Crippen MR) is 112 cm³/mol. The molecule has 0 radical (unpaired) electrons. The van der Waals surface area contributed by atoms with Crippen LogP contribution in [0.1, 0.15) is 30.9 Å². The zero-order valence-electron chi connectivity index (χ0n) is 15.1. The van der Waals surface area contributed by atoms with Gasteiger partial charge in [0.05, 0.1) is 11.9 Å². The summed E-state index contributed by atoms with van der Waals surface area (Å²) in [5, 5.41) is 6.99. The zero-order valence-corrected chi connectivity index (χ0v) is 15.1. The van der Waals surface area contributed by atoms with E-state index >= 15 is 0 Å². The molecule has 1 unspecified atom stereocenters. The number of fused-ring (bicyclic) bond motifs is 1. The molecule has 1 N–H and O–H groups in total. The summed E-state index contributed by atoms with van der Waals surface area (Å²) in [5.41, 5.74) is 9.30. The Balaban J connectivity index is 1.78. The normalized spacial score (nSPS) is 16.8. The second kappa shape index (κ2) is 7.01. The Bertz CT molecular complexity index is 1030. The second-order valence-corrected chi connectivity index (χ2v) is 6.80. The molecule has 0 amide bonds. The summed E-state index contributed by atoms with van der Waals surface area (Å²) in [6.07, 6.45) is 6.56. The molecule has 1 atom stereocenters. The Hall–Kier alpha value is -3.13. The number of anilines is 1. The molecule has 0 aromatic heterocycles. The fourth-order valence-electron chi connectivity index (χ4n) is 3.64. The van der Waals surface area contributed by atoms with Crippen molar-refractivity contribution in [2.45, 2.75) is 19.8 Å². The fourth-order valence-corrected chi connectivity index (χ4v) is 3.64. The zero-order chi connectivity index (χ0) is 17.9. The topological polar surface area (TPSA) is 24.4 Å². The Labute approximate surface area is 154 Å². The van der Waals surface area contributed by atoms with Crippen LogP contribution in [0.25, 0.3) is 10.8 Å². The lowest BCUT2D eigenvalue weighted by Crippen LogP contribution is -2.02. The van der Waals surface area contributed by atoms with Gasteiger partial charge in [-0.1, -0.05) is 77.9 Å². The molecule has 3 aromatic rings. The number of rotatable bonds is 4. The smallest absolute Gasteiger partial charge is 0.0561 e. The van der Waals surface area contributed by atoms with E-state index in [1.165, 1.54) is 33.0 Å². The molecular weight excluding hydrogens is 316 g/mol. The Morgan fingerprint density at radius 2 is 1.65 bits per heavy atom. The third kappa shape index (κ3) is 3.18. The number of nitrogens with one attached hydrogen (secondary N) is 1. The van der Waals surface area contributed by atoms with Crippen molar-refractivity contribution in [1.29, 1.82) is 0 Å². The standard InChI is InChI=1S/C24H22N2/c1-17-14-18(2)23(15-17)22-13-12-19-8-6-7-11-21(19)24(22)16-25-26-20-9-4-3-5-10-20/h3-16,23,26H,1-2H3. The molecule has 1 aliphatic carbocycles. The average molecular weight is 338 g/mol. The van der Waals surface area contributed by atoms with Gasteiger partial charge in [0.25, 0.3) is 0 Å². The molecule has 0 aliphatic heterocycles. The summed E-state index contributed by atoms with van der Waals surface area (Å²) in [6.45, 7) is 4.37. The van der Waals surface area contributed by atoms with E-state index in [4.69, 9.17) is 0 Å². The van der Waals surface area contributed by atoms with Gasteiger partial charge >= 0.3 is 0 Å². The molecule has 3 aromatic carbocycles. The monoisotopic (exact) mass is 338 g/mol. The van der Waals surface area contributed by atoms with Gasteiger partial charge in [0.2, 0.25) is 0 Å². The van der Waals surface area contributed by atoms with Crippen LogP contribution in [0.5, 0.6) is 0 Å². The second-order valence-electron chi connectivity index (χ2n) is 6.80.